The molecule has 5 aliphatic heterocycles. The van der Waals surface area contributed by atoms with Gasteiger partial charge in [0.15, 0.2) is 5.78 Å². The highest BCUT2D eigenvalue weighted by Gasteiger charge is 2.73. The first-order valence-corrected chi connectivity index (χ1v) is 8.57. The summed E-state index contributed by atoms with van der Waals surface area (Å²) in [6.45, 7) is 3.23. The molecular formula is C19H20N2O. The van der Waals surface area contributed by atoms with Crippen molar-refractivity contribution in [2.75, 3.05) is 11.9 Å². The van der Waals surface area contributed by atoms with E-state index in [4.69, 9.17) is 0 Å². The lowest BCUT2D eigenvalue weighted by molar-refractivity contribution is -0.126. The molecule has 1 aliphatic carbocycles. The first-order chi connectivity index (χ1) is 10.8. The smallest absolute Gasteiger partial charge is 0.150 e. The van der Waals surface area contributed by atoms with Gasteiger partial charge in [0, 0.05) is 30.2 Å². The molecule has 0 aromatic heterocycles. The summed E-state index contributed by atoms with van der Waals surface area (Å²) in [6.07, 6.45) is 4.47. The van der Waals surface area contributed by atoms with E-state index in [1.165, 1.54) is 23.2 Å². The summed E-state index contributed by atoms with van der Waals surface area (Å²) in [5, 5.41) is 3.75. The number of rotatable bonds is 0. The van der Waals surface area contributed by atoms with Crippen molar-refractivity contribution in [3.63, 3.8) is 0 Å². The molecule has 1 aromatic rings. The SMILES string of the molecule is C/C=C1/CN2[C@H]3C[C@]45C(=O)[C@H]3[C@H]1C[C@H]2[C@@H]4Nc1ccccc15. The summed E-state index contributed by atoms with van der Waals surface area (Å²) in [4.78, 5) is 16.2. The lowest BCUT2D eigenvalue weighted by Gasteiger charge is -2.57. The van der Waals surface area contributed by atoms with Crippen molar-refractivity contribution < 1.29 is 4.79 Å². The third kappa shape index (κ3) is 1.00. The van der Waals surface area contributed by atoms with Crippen LogP contribution in [0.25, 0.3) is 0 Å². The average Bonchev–Trinajstić information content (AvgIpc) is 3.02. The standard InChI is InChI=1S/C19H20N2O/c1-2-10-9-21-14-7-11(10)16-15(21)8-19(18(16)22)12-5-3-4-6-13(12)20-17(14)19/h2-6,11,14-17,20H,7-9H2,1H3/b10-2-/t11-,14-,15-,16-,17-,19+/m0/s1. The summed E-state index contributed by atoms with van der Waals surface area (Å²) >= 11 is 0. The van der Waals surface area contributed by atoms with Crippen molar-refractivity contribution in [1.29, 1.82) is 0 Å². The van der Waals surface area contributed by atoms with Crippen molar-refractivity contribution >= 4 is 11.5 Å². The minimum Gasteiger partial charge on any atom is -0.379 e. The number of hydrogen-bond acceptors (Lipinski definition) is 3. The maximum Gasteiger partial charge on any atom is 0.150 e. The molecule has 5 bridgehead atoms. The van der Waals surface area contributed by atoms with Gasteiger partial charge in [0.05, 0.1) is 11.5 Å². The molecule has 3 nitrogen and oxygen atoms in total. The van der Waals surface area contributed by atoms with Crippen LogP contribution >= 0.6 is 0 Å². The van der Waals surface area contributed by atoms with Crippen molar-refractivity contribution in [3.8, 4) is 0 Å². The topological polar surface area (TPSA) is 32.3 Å². The van der Waals surface area contributed by atoms with Crippen molar-refractivity contribution in [2.24, 2.45) is 11.8 Å². The number of nitrogens with one attached hydrogen (secondary N) is 1. The third-order valence-corrected chi connectivity index (χ3v) is 7.32. The molecule has 6 aliphatic rings. The zero-order valence-corrected chi connectivity index (χ0v) is 12.8. The number of Topliss-reactive ketones (excluding diaryl/α,β-unsaturated/α-hetero) is 1. The third-order valence-electron chi connectivity index (χ3n) is 7.32. The van der Waals surface area contributed by atoms with Gasteiger partial charge in [-0.3, -0.25) is 9.69 Å². The molecule has 7 rings (SSSR count). The van der Waals surface area contributed by atoms with E-state index < -0.39 is 0 Å². The monoisotopic (exact) mass is 292 g/mol. The molecule has 22 heavy (non-hydrogen) atoms. The molecule has 1 spiro atoms. The molecule has 7 atom stereocenters. The van der Waals surface area contributed by atoms with Crippen LogP contribution in [0.1, 0.15) is 25.3 Å². The number of anilines is 1. The van der Waals surface area contributed by atoms with Crippen molar-refractivity contribution in [1.82, 2.24) is 4.90 Å². The zero-order valence-electron chi connectivity index (χ0n) is 12.8. The van der Waals surface area contributed by atoms with Crippen LogP contribution in [0.2, 0.25) is 0 Å². The molecule has 1 unspecified atom stereocenters. The molecule has 3 heteroatoms. The Morgan fingerprint density at radius 1 is 1.32 bits per heavy atom. The molecule has 1 saturated carbocycles. The number of nitrogens with zero attached hydrogens (tertiary/aromatic N) is 1. The molecule has 5 heterocycles. The Morgan fingerprint density at radius 3 is 3.05 bits per heavy atom. The number of ketones is 1. The van der Waals surface area contributed by atoms with Gasteiger partial charge in [0.1, 0.15) is 0 Å². The summed E-state index contributed by atoms with van der Waals surface area (Å²) in [5.74, 6) is 1.29. The van der Waals surface area contributed by atoms with E-state index in [2.05, 4.69) is 47.5 Å². The Morgan fingerprint density at radius 2 is 2.18 bits per heavy atom. The van der Waals surface area contributed by atoms with Crippen molar-refractivity contribution in [3.05, 3.63) is 41.5 Å². The number of carbonyl (C=O) groups is 1. The summed E-state index contributed by atoms with van der Waals surface area (Å²) in [6, 6.07) is 9.84. The first-order valence-electron chi connectivity index (χ1n) is 8.57. The molecule has 0 radical (unpaired) electrons. The van der Waals surface area contributed by atoms with Gasteiger partial charge in [0.25, 0.3) is 0 Å². The van der Waals surface area contributed by atoms with E-state index in [1.807, 2.05) is 0 Å². The van der Waals surface area contributed by atoms with Crippen LogP contribution in [0.3, 0.4) is 0 Å². The zero-order chi connectivity index (χ0) is 14.6. The van der Waals surface area contributed by atoms with E-state index >= 15 is 0 Å². The van der Waals surface area contributed by atoms with Crippen LogP contribution in [-0.4, -0.2) is 35.4 Å². The van der Waals surface area contributed by atoms with Gasteiger partial charge in [-0.05, 0) is 37.3 Å². The van der Waals surface area contributed by atoms with Crippen LogP contribution in [0.5, 0.6) is 0 Å². The first kappa shape index (κ1) is 11.9. The Kier molecular flexibility index (Phi) is 1.88. The van der Waals surface area contributed by atoms with Crippen LogP contribution in [0, 0.1) is 11.8 Å². The van der Waals surface area contributed by atoms with Crippen LogP contribution in [-0.2, 0) is 10.2 Å². The fourth-order valence-corrected chi connectivity index (χ4v) is 6.57. The number of hydrogen-bond donors (Lipinski definition) is 1. The number of para-hydroxylation sites is 1. The minimum absolute atomic E-state index is 0.231. The minimum atomic E-state index is -0.231. The molecule has 0 amide bonds. The van der Waals surface area contributed by atoms with Crippen molar-refractivity contribution in [2.45, 2.75) is 43.3 Å². The summed E-state index contributed by atoms with van der Waals surface area (Å²) < 4.78 is 0. The predicted molar refractivity (Wildman–Crippen MR) is 84.8 cm³/mol. The molecule has 5 fully saturated rings. The van der Waals surface area contributed by atoms with Gasteiger partial charge in [0.2, 0.25) is 0 Å². The molecular weight excluding hydrogens is 272 g/mol. The number of carbonyl (C=O) groups excluding carboxylic acids is 1. The Bertz CT molecular complexity index is 754. The second-order valence-corrected chi connectivity index (χ2v) is 7.75. The van der Waals surface area contributed by atoms with Gasteiger partial charge in [-0.1, -0.05) is 29.8 Å². The fourth-order valence-electron chi connectivity index (χ4n) is 6.57. The van der Waals surface area contributed by atoms with Gasteiger partial charge in [-0.2, -0.15) is 0 Å². The molecule has 1 aromatic carbocycles. The normalized spacial score (nSPS) is 51.1. The average molecular weight is 292 g/mol. The maximum absolute atomic E-state index is 13.6. The summed E-state index contributed by atoms with van der Waals surface area (Å²) in [5.41, 5.74) is 3.77. The fraction of sp³-hybridized carbons (Fsp3) is 0.526. The van der Waals surface area contributed by atoms with E-state index in [1.54, 1.807) is 0 Å². The maximum atomic E-state index is 13.6. The Hall–Kier alpha value is -1.61. The van der Waals surface area contributed by atoms with Crippen LogP contribution in [0.4, 0.5) is 5.69 Å². The Labute approximate surface area is 130 Å². The van der Waals surface area contributed by atoms with Crippen LogP contribution in [0.15, 0.2) is 35.9 Å². The predicted octanol–water partition coefficient (Wildman–Crippen LogP) is 2.34. The molecule has 112 valence electrons. The number of allylic oxidation sites excluding steroid dienone is 1. The summed E-state index contributed by atoms with van der Waals surface area (Å²) in [7, 11) is 0. The number of benzene rings is 1. The van der Waals surface area contributed by atoms with Gasteiger partial charge >= 0.3 is 0 Å². The second-order valence-electron chi connectivity index (χ2n) is 7.75. The van der Waals surface area contributed by atoms with E-state index in [0.717, 1.165) is 13.0 Å². The van der Waals surface area contributed by atoms with Gasteiger partial charge in [-0.15, -0.1) is 0 Å². The van der Waals surface area contributed by atoms with E-state index in [-0.39, 0.29) is 11.3 Å². The highest BCUT2D eigenvalue weighted by molar-refractivity contribution is 6.01. The van der Waals surface area contributed by atoms with E-state index in [9.17, 15) is 4.79 Å². The lowest BCUT2D eigenvalue weighted by atomic mass is 9.65. The highest BCUT2D eigenvalue weighted by atomic mass is 16.1. The van der Waals surface area contributed by atoms with Gasteiger partial charge in [-0.25, -0.2) is 0 Å². The van der Waals surface area contributed by atoms with Crippen LogP contribution < -0.4 is 5.32 Å². The lowest BCUT2D eigenvalue weighted by Crippen LogP contribution is -2.66. The molecule has 4 saturated heterocycles. The number of fused-ring (bicyclic) bond motifs is 2. The largest absolute Gasteiger partial charge is 0.379 e. The van der Waals surface area contributed by atoms with Gasteiger partial charge < -0.3 is 5.32 Å². The quantitative estimate of drug-likeness (QED) is 0.745. The highest BCUT2D eigenvalue weighted by Crippen LogP contribution is 2.64. The number of piperidine rings is 4. The second kappa shape index (κ2) is 3.48. The van der Waals surface area contributed by atoms with E-state index in [0.29, 0.717) is 29.8 Å². The Balaban J connectivity index is 1.62. The molecule has 1 N–H and O–H groups in total.